The van der Waals surface area contributed by atoms with Crippen molar-refractivity contribution in [3.8, 4) is 0 Å². The van der Waals surface area contributed by atoms with Crippen LogP contribution in [0.5, 0.6) is 0 Å². The number of hydrogen-bond acceptors (Lipinski definition) is 0. The van der Waals surface area contributed by atoms with E-state index in [1.807, 2.05) is 30.3 Å². The second kappa shape index (κ2) is 21.6. The Morgan fingerprint density at radius 2 is 1.06 bits per heavy atom. The van der Waals surface area contributed by atoms with Crippen molar-refractivity contribution in [1.29, 1.82) is 0 Å². The largest absolute Gasteiger partial charge is 0.358 e. The van der Waals surface area contributed by atoms with Crippen molar-refractivity contribution >= 4 is 25.8 Å². The SMILES string of the molecule is CC(C)(C)c1ccc2c(c1)[cH-]c1cc(C(C)(C)C)ccc12.CC(C)c1c[c-]cc(C(C)C)c1.[CH-]1CCCC1.[CH2]=[Zr].[CH3-].[CH3-].c1cc[cH-]c1. The zero-order valence-electron chi connectivity index (χ0n) is 31.9. The minimum absolute atomic E-state index is 0. The van der Waals surface area contributed by atoms with Gasteiger partial charge in [0.25, 0.3) is 0 Å². The Morgan fingerprint density at radius 3 is 1.34 bits per heavy atom. The summed E-state index contributed by atoms with van der Waals surface area (Å²) < 4.78 is 3.34. The molecule has 1 aliphatic carbocycles. The van der Waals surface area contributed by atoms with Gasteiger partial charge in [0.15, 0.2) is 0 Å². The van der Waals surface area contributed by atoms with Gasteiger partial charge in [-0.05, 0) is 10.8 Å². The van der Waals surface area contributed by atoms with Gasteiger partial charge in [0.2, 0.25) is 0 Å². The molecule has 1 saturated carbocycles. The van der Waals surface area contributed by atoms with Crippen molar-refractivity contribution in [1.82, 2.24) is 0 Å². The van der Waals surface area contributed by atoms with Crippen molar-refractivity contribution < 1.29 is 24.2 Å². The molecule has 1 heteroatoms. The first-order valence-electron chi connectivity index (χ1n) is 16.8. The summed E-state index contributed by atoms with van der Waals surface area (Å²) in [4.78, 5) is 0. The zero-order chi connectivity index (χ0) is 33.6. The van der Waals surface area contributed by atoms with Crippen LogP contribution in [0.2, 0.25) is 0 Å². The molecule has 258 valence electrons. The predicted octanol–water partition coefficient (Wildman–Crippen LogP) is 14.1. The minimum atomic E-state index is 0. The molecule has 5 aromatic carbocycles. The van der Waals surface area contributed by atoms with E-state index in [-0.39, 0.29) is 25.7 Å². The first kappa shape index (κ1) is 44.6. The average molecular weight is 708 g/mol. The molecule has 6 rings (SSSR count). The monoisotopic (exact) mass is 706 g/mol. The third-order valence-electron chi connectivity index (χ3n) is 8.23. The van der Waals surface area contributed by atoms with Crippen LogP contribution in [-0.4, -0.2) is 4.21 Å². The summed E-state index contributed by atoms with van der Waals surface area (Å²) in [6, 6.07) is 35.8. The summed E-state index contributed by atoms with van der Waals surface area (Å²) in [7, 11) is 0. The summed E-state index contributed by atoms with van der Waals surface area (Å²) >= 11 is 1.30. The number of benzene rings is 3. The first-order chi connectivity index (χ1) is 21.3. The Morgan fingerprint density at radius 1 is 0.660 bits per heavy atom. The van der Waals surface area contributed by atoms with Crippen LogP contribution in [-0.2, 0) is 35.1 Å². The normalized spacial score (nSPS) is 12.2. The molecule has 5 aromatic rings. The Labute approximate surface area is 306 Å². The molecule has 0 amide bonds. The van der Waals surface area contributed by atoms with Crippen molar-refractivity contribution in [3.63, 3.8) is 0 Å². The van der Waals surface area contributed by atoms with E-state index in [1.54, 1.807) is 0 Å². The van der Waals surface area contributed by atoms with Gasteiger partial charge in [0, 0.05) is 0 Å². The van der Waals surface area contributed by atoms with Gasteiger partial charge in [0.1, 0.15) is 0 Å². The van der Waals surface area contributed by atoms with Crippen LogP contribution in [0.3, 0.4) is 0 Å². The maximum absolute atomic E-state index is 3.34. The van der Waals surface area contributed by atoms with Crippen LogP contribution in [0.15, 0.2) is 91.0 Å². The third kappa shape index (κ3) is 14.7. The van der Waals surface area contributed by atoms with Gasteiger partial charge < -0.3 is 21.3 Å². The van der Waals surface area contributed by atoms with E-state index < -0.39 is 0 Å². The second-order valence-electron chi connectivity index (χ2n) is 14.7. The molecule has 0 aromatic heterocycles. The predicted molar refractivity (Wildman–Crippen MR) is 213 cm³/mol. The van der Waals surface area contributed by atoms with Gasteiger partial charge in [-0.15, -0.1) is 39.7 Å². The fourth-order valence-corrected chi connectivity index (χ4v) is 5.17. The van der Waals surface area contributed by atoms with Gasteiger partial charge in [-0.25, -0.2) is 12.1 Å². The van der Waals surface area contributed by atoms with Gasteiger partial charge >= 0.3 is 28.4 Å². The topological polar surface area (TPSA) is 0 Å². The molecule has 0 aliphatic heterocycles. The average Bonchev–Trinajstić information content (AvgIpc) is 3.82. The quantitative estimate of drug-likeness (QED) is 0.160. The molecule has 0 bridgehead atoms. The standard InChI is InChI=1S/C21H25.C12H17.C5H9.C5H5.2CH3.CH2.Zr/c1-20(2,3)16-7-9-18-14(12-16)11-15-13-17(21(4,5)6)8-10-19(15)18;1-9(2)11-6-5-7-12(8-11)10(3)4;2*1-2-4-5-3-1;;;;/h7-13H,1-6H3;6-10H,1-4H3;1H,2-5H2;1-5H;2*1H3;1H2;/q6*-1;;. The van der Waals surface area contributed by atoms with Gasteiger partial charge in [-0.3, -0.25) is 0 Å². The molecule has 47 heavy (non-hydrogen) atoms. The molecule has 0 unspecified atom stereocenters. The van der Waals surface area contributed by atoms with Crippen LogP contribution >= 0.6 is 0 Å². The van der Waals surface area contributed by atoms with E-state index in [4.69, 9.17) is 0 Å². The van der Waals surface area contributed by atoms with Crippen LogP contribution in [0, 0.1) is 27.3 Å². The number of rotatable bonds is 2. The molecule has 0 N–H and O–H groups in total. The molecule has 0 heterocycles. The molecule has 0 radical (unpaired) electrons. The van der Waals surface area contributed by atoms with E-state index in [0.29, 0.717) is 11.8 Å². The summed E-state index contributed by atoms with van der Waals surface area (Å²) in [6.45, 7) is 22.5. The smallest absolute Gasteiger partial charge is 0.172 e. The summed E-state index contributed by atoms with van der Waals surface area (Å²) in [5, 5.41) is 5.48. The molecular weight excluding hydrogens is 644 g/mol. The summed E-state index contributed by atoms with van der Waals surface area (Å²) in [5.41, 5.74) is 5.99. The summed E-state index contributed by atoms with van der Waals surface area (Å²) in [6.07, 6.45) is 8.00. The van der Waals surface area contributed by atoms with Crippen molar-refractivity contribution in [3.05, 3.63) is 141 Å². The molecular formula is C46H64Zr-6. The van der Waals surface area contributed by atoms with E-state index in [1.165, 1.54) is 93.7 Å². The van der Waals surface area contributed by atoms with Crippen LogP contribution in [0.4, 0.5) is 0 Å². The van der Waals surface area contributed by atoms with E-state index >= 15 is 0 Å². The maximum Gasteiger partial charge on any atom is -0.172 e. The van der Waals surface area contributed by atoms with Crippen molar-refractivity contribution in [2.45, 2.75) is 118 Å². The van der Waals surface area contributed by atoms with E-state index in [2.05, 4.69) is 147 Å². The Balaban J connectivity index is 0.000000684. The number of fused-ring (bicyclic) bond motifs is 3. The van der Waals surface area contributed by atoms with Crippen molar-refractivity contribution in [2.24, 2.45) is 0 Å². The van der Waals surface area contributed by atoms with E-state index in [9.17, 15) is 0 Å². The Bertz CT molecular complexity index is 1390. The molecule has 0 atom stereocenters. The molecule has 0 spiro atoms. The third-order valence-corrected chi connectivity index (χ3v) is 8.23. The minimum Gasteiger partial charge on any atom is -0.358 e. The molecule has 1 fully saturated rings. The number of hydrogen-bond donors (Lipinski definition) is 0. The van der Waals surface area contributed by atoms with Crippen molar-refractivity contribution in [2.75, 3.05) is 0 Å². The summed E-state index contributed by atoms with van der Waals surface area (Å²) in [5.74, 6) is 1.22. The fourth-order valence-electron chi connectivity index (χ4n) is 5.17. The molecule has 1 aliphatic rings. The molecule has 0 nitrogen and oxygen atoms in total. The first-order valence-corrected chi connectivity index (χ1v) is 18.5. The zero-order valence-corrected chi connectivity index (χ0v) is 34.4. The van der Waals surface area contributed by atoms with Crippen LogP contribution in [0.1, 0.15) is 129 Å². The van der Waals surface area contributed by atoms with Crippen LogP contribution in [0.25, 0.3) is 21.5 Å². The van der Waals surface area contributed by atoms with Gasteiger partial charge in [-0.2, -0.15) is 66.4 Å². The fraction of sp³-hybridized carbons (Fsp3) is 0.391. The Kier molecular flexibility index (Phi) is 20.5. The van der Waals surface area contributed by atoms with Gasteiger partial charge in [-0.1, -0.05) is 129 Å². The maximum atomic E-state index is 3.34. The van der Waals surface area contributed by atoms with Crippen LogP contribution < -0.4 is 0 Å². The molecule has 0 saturated heterocycles. The second-order valence-corrected chi connectivity index (χ2v) is 14.7. The van der Waals surface area contributed by atoms with Gasteiger partial charge in [0.05, 0.1) is 0 Å². The van der Waals surface area contributed by atoms with E-state index in [0.717, 1.165) is 0 Å². The Hall–Kier alpha value is -2.37.